The van der Waals surface area contributed by atoms with Gasteiger partial charge in [-0.1, -0.05) is 0 Å². The quantitative estimate of drug-likeness (QED) is 0.159. The first-order chi connectivity index (χ1) is 22.4. The molecule has 0 nitrogen and oxygen atoms in total. The Morgan fingerprint density at radius 3 is 1.45 bits per heavy atom. The first kappa shape index (κ1) is 34.3. The van der Waals surface area contributed by atoms with E-state index in [1.807, 2.05) is 0 Å². The van der Waals surface area contributed by atoms with E-state index in [4.69, 9.17) is 0 Å². The molecule has 2 heteroatoms. The normalized spacial score (nSPS) is 17.4. The van der Waals surface area contributed by atoms with Gasteiger partial charge in [0.2, 0.25) is 0 Å². The molecule has 4 aromatic rings. The minimum absolute atomic E-state index is 0.164. The molecule has 0 aromatic heterocycles. The SMILES string of the molecule is CCC1=Cc2c(-c3ccc(C(C)(C)C)cc3)cccc2[CH]1[Zr]([CH]1C(C)=Cc2c(-c3ccc(C(C)(C)C)cc3)cccc21)[SiH](CC)CC. The molecule has 6 rings (SSSR count). The zero-order valence-electron chi connectivity index (χ0n) is 30.6. The van der Waals surface area contributed by atoms with Gasteiger partial charge in [-0.15, -0.1) is 0 Å². The predicted molar refractivity (Wildman–Crippen MR) is 207 cm³/mol. The minimum atomic E-state index is -2.18. The van der Waals surface area contributed by atoms with Gasteiger partial charge < -0.3 is 0 Å². The van der Waals surface area contributed by atoms with Crippen molar-refractivity contribution in [2.75, 3.05) is 0 Å². The number of benzene rings is 4. The van der Waals surface area contributed by atoms with E-state index in [1.54, 1.807) is 22.3 Å². The van der Waals surface area contributed by atoms with Crippen molar-refractivity contribution in [2.45, 2.75) is 106 Å². The van der Waals surface area contributed by atoms with Crippen LogP contribution in [0.2, 0.25) is 12.1 Å². The zero-order chi connectivity index (χ0) is 33.7. The molecule has 2 aliphatic rings. The van der Waals surface area contributed by atoms with Crippen molar-refractivity contribution >= 4 is 18.1 Å². The van der Waals surface area contributed by atoms with Gasteiger partial charge in [-0.25, -0.2) is 0 Å². The van der Waals surface area contributed by atoms with Crippen LogP contribution in [0.3, 0.4) is 0 Å². The zero-order valence-corrected chi connectivity index (χ0v) is 34.2. The Hall–Kier alpha value is -2.54. The Morgan fingerprint density at radius 1 is 0.574 bits per heavy atom. The summed E-state index contributed by atoms with van der Waals surface area (Å²) in [6.45, 7) is 23.8. The van der Waals surface area contributed by atoms with Crippen molar-refractivity contribution in [1.82, 2.24) is 0 Å². The van der Waals surface area contributed by atoms with Crippen LogP contribution < -0.4 is 0 Å². The van der Waals surface area contributed by atoms with Gasteiger partial charge in [0.25, 0.3) is 0 Å². The molecule has 2 aliphatic carbocycles. The van der Waals surface area contributed by atoms with E-state index in [0.717, 1.165) is 6.42 Å². The van der Waals surface area contributed by atoms with Gasteiger partial charge in [-0.3, -0.25) is 0 Å². The Morgan fingerprint density at radius 2 is 1.02 bits per heavy atom. The van der Waals surface area contributed by atoms with Crippen molar-refractivity contribution in [2.24, 2.45) is 0 Å². The van der Waals surface area contributed by atoms with Gasteiger partial charge in [0.05, 0.1) is 0 Å². The molecule has 0 heterocycles. The molecular weight excluding hydrogens is 660 g/mol. The molecule has 0 spiro atoms. The molecule has 47 heavy (non-hydrogen) atoms. The van der Waals surface area contributed by atoms with Crippen LogP contribution in [0.5, 0.6) is 0 Å². The second-order valence-electron chi connectivity index (χ2n) is 16.1. The Kier molecular flexibility index (Phi) is 9.79. The summed E-state index contributed by atoms with van der Waals surface area (Å²) in [4.78, 5) is 0. The van der Waals surface area contributed by atoms with E-state index in [-0.39, 0.29) is 10.8 Å². The predicted octanol–water partition coefficient (Wildman–Crippen LogP) is 13.0. The number of allylic oxidation sites excluding steroid dienone is 2. The molecule has 0 saturated carbocycles. The molecule has 0 bridgehead atoms. The van der Waals surface area contributed by atoms with E-state index >= 15 is 0 Å². The molecule has 0 radical (unpaired) electrons. The third-order valence-corrected chi connectivity index (χ3v) is 37.8. The Bertz CT molecular complexity index is 1800. The van der Waals surface area contributed by atoms with Crippen molar-refractivity contribution in [3.8, 4) is 22.3 Å². The number of fused-ring (bicyclic) bond motifs is 2. The van der Waals surface area contributed by atoms with E-state index in [9.17, 15) is 0 Å². The third-order valence-electron chi connectivity index (χ3n) is 11.1. The van der Waals surface area contributed by atoms with Crippen molar-refractivity contribution in [3.05, 3.63) is 129 Å². The summed E-state index contributed by atoms with van der Waals surface area (Å²) in [6, 6.07) is 36.2. The van der Waals surface area contributed by atoms with E-state index in [0.29, 0.717) is 7.25 Å². The maximum atomic E-state index is 2.65. The molecule has 2 unspecified atom stereocenters. The Labute approximate surface area is 294 Å². The van der Waals surface area contributed by atoms with Crippen LogP contribution in [0.25, 0.3) is 34.4 Å². The maximum absolute atomic E-state index is 2.65. The average Bonchev–Trinajstić information content (AvgIpc) is 3.59. The van der Waals surface area contributed by atoms with Gasteiger partial charge in [-0.05, 0) is 0 Å². The molecule has 0 saturated heterocycles. The van der Waals surface area contributed by atoms with Crippen molar-refractivity contribution in [1.29, 1.82) is 0 Å². The first-order valence-electron chi connectivity index (χ1n) is 18.1. The van der Waals surface area contributed by atoms with Gasteiger partial charge in [0.1, 0.15) is 0 Å². The molecule has 0 fully saturated rings. The molecule has 2 atom stereocenters. The van der Waals surface area contributed by atoms with Crippen LogP contribution in [0, 0.1) is 0 Å². The summed E-state index contributed by atoms with van der Waals surface area (Å²) in [5, 5.41) is 0. The van der Waals surface area contributed by atoms with Gasteiger partial charge in [0.15, 0.2) is 0 Å². The third kappa shape index (κ3) is 6.47. The summed E-state index contributed by atoms with van der Waals surface area (Å²) in [7, 11) is 0. The van der Waals surface area contributed by atoms with Crippen LogP contribution in [0.15, 0.2) is 96.1 Å². The van der Waals surface area contributed by atoms with E-state index in [2.05, 4.69) is 166 Å². The van der Waals surface area contributed by atoms with Gasteiger partial charge in [-0.2, -0.15) is 0 Å². The van der Waals surface area contributed by atoms with Crippen LogP contribution in [0.4, 0.5) is 0 Å². The fourth-order valence-corrected chi connectivity index (χ4v) is 36.8. The summed E-state index contributed by atoms with van der Waals surface area (Å²) in [5.41, 5.74) is 18.4. The average molecular weight is 715 g/mol. The van der Waals surface area contributed by atoms with E-state index < -0.39 is 26.8 Å². The van der Waals surface area contributed by atoms with Crippen molar-refractivity contribution < 1.29 is 20.9 Å². The summed E-state index contributed by atoms with van der Waals surface area (Å²) >= 11 is -2.18. The summed E-state index contributed by atoms with van der Waals surface area (Å²) in [5.74, 6) is -0.938. The van der Waals surface area contributed by atoms with Gasteiger partial charge in [0, 0.05) is 0 Å². The molecule has 243 valence electrons. The van der Waals surface area contributed by atoms with Crippen LogP contribution in [0.1, 0.15) is 116 Å². The summed E-state index contributed by atoms with van der Waals surface area (Å²) in [6.07, 6.45) is 6.40. The first-order valence-corrected chi connectivity index (χ1v) is 27.4. The fraction of sp³-hybridized carbons (Fsp3) is 0.378. The molecule has 4 aromatic carbocycles. The van der Waals surface area contributed by atoms with Crippen LogP contribution >= 0.6 is 0 Å². The fourth-order valence-electron chi connectivity index (χ4n) is 8.36. The number of rotatable bonds is 8. The van der Waals surface area contributed by atoms with Gasteiger partial charge >= 0.3 is 297 Å². The number of hydrogen-bond donors (Lipinski definition) is 0. The second-order valence-corrected chi connectivity index (χ2v) is 34.4. The van der Waals surface area contributed by atoms with Crippen molar-refractivity contribution in [3.63, 3.8) is 0 Å². The molecule has 0 aliphatic heterocycles. The molecule has 0 N–H and O–H groups in total. The second kappa shape index (κ2) is 13.4. The number of hydrogen-bond acceptors (Lipinski definition) is 0. The molecule has 0 amide bonds. The summed E-state index contributed by atoms with van der Waals surface area (Å²) < 4.78 is 1.34. The topological polar surface area (TPSA) is 0 Å². The monoisotopic (exact) mass is 713 g/mol. The molecular formula is C45H55SiZr. The van der Waals surface area contributed by atoms with E-state index in [1.165, 1.54) is 56.6 Å². The standard InChI is InChI=1S/C21H23.C20H21.C4H11Si.Zr/c1-5-15-13-17-7-6-8-19(20(17)14-15)16-9-11-18(12-10-16)21(2,3)4;1-14-12-16-6-5-7-18(19(16)13-14)15-8-10-17(11-9-15)20(2,3)4;1-3-5-4-2;/h6-14H,5H2,1-4H3;5-13H,1-4H3;5H,3-4H2,1-2H3;. The van der Waals surface area contributed by atoms with Crippen LogP contribution in [-0.2, 0) is 31.7 Å². The Balaban J connectivity index is 1.45. The van der Waals surface area contributed by atoms with Crippen LogP contribution in [-0.4, -0.2) is 5.92 Å².